The zero-order valence-corrected chi connectivity index (χ0v) is 25.4. The third kappa shape index (κ3) is 7.28. The molecule has 0 fully saturated rings. The fourth-order valence-electron chi connectivity index (χ4n) is 4.19. The summed E-state index contributed by atoms with van der Waals surface area (Å²) in [5, 5.41) is 34.9. The smallest absolute Gasteiger partial charge is 0.296 e. The average molecular weight is 677 g/mol. The molecule has 0 aliphatic carbocycles. The maximum atomic E-state index is 12.2. The number of phenolic OH excluding ortho intramolecular Hbond substituents is 1. The monoisotopic (exact) mass is 676 g/mol. The van der Waals surface area contributed by atoms with E-state index in [4.69, 9.17) is 22.9 Å². The quantitative estimate of drug-likeness (QED) is 0.0520. The Labute approximate surface area is 266 Å². The molecule has 5 aromatic carbocycles. The van der Waals surface area contributed by atoms with E-state index in [1.165, 1.54) is 48.5 Å². The van der Waals surface area contributed by atoms with Crippen LogP contribution in [0.15, 0.2) is 119 Å². The van der Waals surface area contributed by atoms with Gasteiger partial charge in [0, 0.05) is 16.8 Å². The molecule has 5 aromatic rings. The lowest BCUT2D eigenvalue weighted by molar-refractivity contribution is 0.472. The van der Waals surface area contributed by atoms with Gasteiger partial charge in [0.1, 0.15) is 32.5 Å². The maximum Gasteiger partial charge on any atom is 0.296 e. The van der Waals surface area contributed by atoms with Crippen molar-refractivity contribution in [3.05, 3.63) is 78.9 Å². The number of hydrogen-bond acceptors (Lipinski definition) is 15. The van der Waals surface area contributed by atoms with Crippen LogP contribution < -0.4 is 22.9 Å². The molecule has 0 saturated heterocycles. The summed E-state index contributed by atoms with van der Waals surface area (Å²) in [5.41, 5.74) is 23.9. The van der Waals surface area contributed by atoms with Gasteiger partial charge in [-0.3, -0.25) is 9.11 Å². The van der Waals surface area contributed by atoms with Gasteiger partial charge in [-0.1, -0.05) is 6.07 Å². The predicted molar refractivity (Wildman–Crippen MR) is 175 cm³/mol. The van der Waals surface area contributed by atoms with E-state index >= 15 is 0 Å². The molecule has 0 radical (unpaired) electrons. The van der Waals surface area contributed by atoms with E-state index in [0.29, 0.717) is 17.1 Å². The average Bonchev–Trinajstić information content (AvgIpc) is 2.99. The first-order chi connectivity index (χ1) is 22.1. The molecule has 0 unspecified atom stereocenters. The predicted octanol–water partition coefficient (Wildman–Crippen LogP) is 6.61. The molecule has 0 heterocycles. The molecule has 5 rings (SSSR count). The summed E-state index contributed by atoms with van der Waals surface area (Å²) >= 11 is 0. The van der Waals surface area contributed by atoms with Crippen LogP contribution in [-0.4, -0.2) is 31.0 Å². The Balaban J connectivity index is 1.55. The third-order valence-corrected chi connectivity index (χ3v) is 8.19. The van der Waals surface area contributed by atoms with Gasteiger partial charge in [-0.25, -0.2) is 0 Å². The zero-order valence-electron chi connectivity index (χ0n) is 23.8. The maximum absolute atomic E-state index is 12.2. The Kier molecular flexibility index (Phi) is 8.54. The first-order valence-corrected chi connectivity index (χ1v) is 15.9. The molecular formula is C28H24N10O7S2. The number of benzene rings is 5. The van der Waals surface area contributed by atoms with Crippen molar-refractivity contribution in [2.45, 2.75) is 9.79 Å². The van der Waals surface area contributed by atoms with Crippen molar-refractivity contribution in [2.24, 2.45) is 30.7 Å². The number of azo groups is 3. The van der Waals surface area contributed by atoms with E-state index in [1.807, 2.05) is 0 Å². The van der Waals surface area contributed by atoms with Crippen LogP contribution in [0.4, 0.5) is 56.9 Å². The molecule has 0 amide bonds. The Morgan fingerprint density at radius 1 is 0.511 bits per heavy atom. The molecule has 0 saturated carbocycles. The summed E-state index contributed by atoms with van der Waals surface area (Å²) in [6.07, 6.45) is 0. The Morgan fingerprint density at radius 2 is 1.00 bits per heavy atom. The van der Waals surface area contributed by atoms with Crippen molar-refractivity contribution >= 4 is 87.9 Å². The van der Waals surface area contributed by atoms with Crippen LogP contribution in [0.5, 0.6) is 5.75 Å². The SMILES string of the molecule is Nc1ccc(N=Nc2ccc3cc(S(=O)(=O)O)c(N=Nc4ccc(N=Nc5ccc(N)cc5N)c(S(=O)(=O)O)c4)c(O)c3c2)c(N)c1. The number of phenols is 1. The van der Waals surface area contributed by atoms with Gasteiger partial charge >= 0.3 is 0 Å². The number of nitrogen functional groups attached to an aromatic ring is 4. The highest BCUT2D eigenvalue weighted by Gasteiger charge is 2.23. The Bertz CT molecular complexity index is 2380. The second-order valence-electron chi connectivity index (χ2n) is 9.82. The summed E-state index contributed by atoms with van der Waals surface area (Å²) in [5.74, 6) is -0.704. The Hall–Kier alpha value is -6.02. The van der Waals surface area contributed by atoms with Crippen LogP contribution in [0.25, 0.3) is 10.8 Å². The van der Waals surface area contributed by atoms with Gasteiger partial charge in [-0.2, -0.15) is 27.1 Å². The van der Waals surface area contributed by atoms with Gasteiger partial charge in [0.2, 0.25) is 0 Å². The normalized spacial score (nSPS) is 12.6. The van der Waals surface area contributed by atoms with Gasteiger partial charge < -0.3 is 28.0 Å². The number of anilines is 4. The van der Waals surface area contributed by atoms with Gasteiger partial charge in [-0.05, 0) is 78.2 Å². The molecule has 17 nitrogen and oxygen atoms in total. The topological polar surface area (TPSA) is 307 Å². The number of rotatable bonds is 8. The molecular weight excluding hydrogens is 653 g/mol. The van der Waals surface area contributed by atoms with E-state index < -0.39 is 41.5 Å². The van der Waals surface area contributed by atoms with Crippen LogP contribution in [0.3, 0.4) is 0 Å². The summed E-state index contributed by atoms with van der Waals surface area (Å²) < 4.78 is 68.5. The number of fused-ring (bicyclic) bond motifs is 1. The van der Waals surface area contributed by atoms with Gasteiger partial charge in [-0.15, -0.1) is 20.5 Å². The van der Waals surface area contributed by atoms with Crippen LogP contribution in [-0.2, 0) is 20.2 Å². The van der Waals surface area contributed by atoms with Gasteiger partial charge in [0.15, 0.2) is 5.75 Å². The summed E-state index contributed by atoms with van der Waals surface area (Å²) in [4.78, 5) is -1.52. The highest BCUT2D eigenvalue weighted by molar-refractivity contribution is 7.86. The molecule has 240 valence electrons. The number of aromatic hydroxyl groups is 1. The molecule has 0 aliphatic rings. The number of nitrogens with two attached hydrogens (primary N) is 4. The lowest BCUT2D eigenvalue weighted by Crippen LogP contribution is -1.99. The lowest BCUT2D eigenvalue weighted by atomic mass is 10.1. The largest absolute Gasteiger partial charge is 0.505 e. The second kappa shape index (κ2) is 12.4. The van der Waals surface area contributed by atoms with Crippen molar-refractivity contribution in [1.82, 2.24) is 0 Å². The molecule has 47 heavy (non-hydrogen) atoms. The van der Waals surface area contributed by atoms with Crippen molar-refractivity contribution in [3.8, 4) is 5.75 Å². The van der Waals surface area contributed by atoms with Crippen LogP contribution >= 0.6 is 0 Å². The number of nitrogens with zero attached hydrogens (tertiary/aromatic N) is 6. The number of hydrogen-bond donors (Lipinski definition) is 7. The van der Waals surface area contributed by atoms with E-state index in [2.05, 4.69) is 30.7 Å². The molecule has 0 spiro atoms. The zero-order chi connectivity index (χ0) is 34.1. The minimum absolute atomic E-state index is 0.0596. The standard InChI is InChI=1S/C28H24N10O7S2/c29-15-2-6-22(20(31)10-15)35-33-17-4-1-14-9-26(47(43,44)45)27(28(39)19(14)12-17)38-34-18-5-8-24(25(13-18)46(40,41)42)37-36-23-7-3-16(30)11-21(23)32/h1-13,39H,29-32H2,(H,40,41,42)(H,43,44,45). The first kappa shape index (κ1) is 32.4. The third-order valence-electron chi connectivity index (χ3n) is 6.44. The van der Waals surface area contributed by atoms with Crippen LogP contribution in [0, 0.1) is 0 Å². The van der Waals surface area contributed by atoms with E-state index in [-0.39, 0.29) is 44.9 Å². The van der Waals surface area contributed by atoms with Crippen LogP contribution in [0.1, 0.15) is 0 Å². The lowest BCUT2D eigenvalue weighted by Gasteiger charge is -2.09. The van der Waals surface area contributed by atoms with E-state index in [1.54, 1.807) is 12.1 Å². The highest BCUT2D eigenvalue weighted by Crippen LogP contribution is 2.43. The highest BCUT2D eigenvalue weighted by atomic mass is 32.2. The fraction of sp³-hybridized carbons (Fsp3) is 0. The van der Waals surface area contributed by atoms with Crippen molar-refractivity contribution in [3.63, 3.8) is 0 Å². The molecule has 19 heteroatoms. The molecule has 0 bridgehead atoms. The second-order valence-corrected chi connectivity index (χ2v) is 12.6. The molecule has 0 aliphatic heterocycles. The Morgan fingerprint density at radius 3 is 1.57 bits per heavy atom. The van der Waals surface area contributed by atoms with Crippen LogP contribution in [0.2, 0.25) is 0 Å². The summed E-state index contributed by atoms with van der Waals surface area (Å²) in [7, 11) is -9.84. The molecule has 0 atom stereocenters. The van der Waals surface area contributed by atoms with E-state index in [9.17, 15) is 31.0 Å². The minimum atomic E-state index is -4.96. The molecule has 0 aromatic heterocycles. The summed E-state index contributed by atoms with van der Waals surface area (Å²) in [6, 6.07) is 17.6. The van der Waals surface area contributed by atoms with Gasteiger partial charge in [0.05, 0.1) is 22.7 Å². The van der Waals surface area contributed by atoms with Crippen molar-refractivity contribution in [2.75, 3.05) is 22.9 Å². The molecule has 11 N–H and O–H groups in total. The first-order valence-electron chi connectivity index (χ1n) is 13.0. The van der Waals surface area contributed by atoms with Crippen molar-refractivity contribution in [1.29, 1.82) is 0 Å². The van der Waals surface area contributed by atoms with Gasteiger partial charge in [0.25, 0.3) is 20.2 Å². The van der Waals surface area contributed by atoms with Crippen molar-refractivity contribution < 1.29 is 31.0 Å². The minimum Gasteiger partial charge on any atom is -0.505 e. The fourth-order valence-corrected chi connectivity index (χ4v) is 5.49. The van der Waals surface area contributed by atoms with E-state index in [0.717, 1.165) is 18.2 Å². The summed E-state index contributed by atoms with van der Waals surface area (Å²) in [6.45, 7) is 0.